The number of hydrogen-bond acceptors (Lipinski definition) is 4. The Labute approximate surface area is 132 Å². The van der Waals surface area contributed by atoms with Crippen molar-refractivity contribution in [2.24, 2.45) is 0 Å². The lowest BCUT2D eigenvalue weighted by atomic mass is 10.1. The first-order valence-electron chi connectivity index (χ1n) is 6.77. The zero-order valence-corrected chi connectivity index (χ0v) is 13.2. The summed E-state index contributed by atoms with van der Waals surface area (Å²) >= 11 is 0. The number of halogens is 2. The predicted molar refractivity (Wildman–Crippen MR) is 78.9 cm³/mol. The van der Waals surface area contributed by atoms with Crippen LogP contribution in [-0.2, 0) is 20.4 Å². The number of carboxylic acids is 1. The molecule has 1 aromatic rings. The molecule has 0 fully saturated rings. The van der Waals surface area contributed by atoms with Crippen LogP contribution in [0.4, 0.5) is 8.78 Å². The standard InChI is InChI=1S/C14H17F2NO5S/c1-2-7-17(8-12(18)19)13(20)11-5-3-10(4-6-11)9-23(21,22)14(15)16/h3-6,14H,2,7-9H2,1H3,(H,18,19). The van der Waals surface area contributed by atoms with Crippen molar-refractivity contribution in [3.8, 4) is 0 Å². The molecule has 6 nitrogen and oxygen atoms in total. The fraction of sp³-hybridized carbons (Fsp3) is 0.429. The Kier molecular flexibility index (Phi) is 6.62. The van der Waals surface area contributed by atoms with Gasteiger partial charge < -0.3 is 10.0 Å². The van der Waals surface area contributed by atoms with Gasteiger partial charge in [-0.05, 0) is 24.1 Å². The Bertz CT molecular complexity index is 658. The van der Waals surface area contributed by atoms with Gasteiger partial charge in [-0.2, -0.15) is 8.78 Å². The zero-order chi connectivity index (χ0) is 17.6. The highest BCUT2D eigenvalue weighted by atomic mass is 32.2. The van der Waals surface area contributed by atoms with Crippen LogP contribution < -0.4 is 0 Å². The highest BCUT2D eigenvalue weighted by Gasteiger charge is 2.24. The molecular weight excluding hydrogens is 332 g/mol. The van der Waals surface area contributed by atoms with Gasteiger partial charge >= 0.3 is 11.7 Å². The third-order valence-corrected chi connectivity index (χ3v) is 4.23. The van der Waals surface area contributed by atoms with Crippen molar-refractivity contribution in [2.75, 3.05) is 13.1 Å². The van der Waals surface area contributed by atoms with Gasteiger partial charge in [0.05, 0.1) is 5.75 Å². The van der Waals surface area contributed by atoms with Crippen LogP contribution in [-0.4, -0.2) is 49.1 Å². The molecule has 128 valence electrons. The molecule has 1 N–H and O–H groups in total. The van der Waals surface area contributed by atoms with Gasteiger partial charge in [-0.1, -0.05) is 19.1 Å². The molecule has 1 amide bonds. The molecular formula is C14H17F2NO5S. The quantitative estimate of drug-likeness (QED) is 0.772. The second kappa shape index (κ2) is 8.00. The van der Waals surface area contributed by atoms with E-state index in [2.05, 4.69) is 0 Å². The molecule has 0 atom stereocenters. The average molecular weight is 349 g/mol. The normalized spacial score (nSPS) is 11.5. The topological polar surface area (TPSA) is 91.8 Å². The Hall–Kier alpha value is -2.03. The fourth-order valence-electron chi connectivity index (χ4n) is 1.91. The molecule has 0 aliphatic carbocycles. The van der Waals surface area contributed by atoms with E-state index >= 15 is 0 Å². The molecule has 0 spiro atoms. The highest BCUT2D eigenvalue weighted by molar-refractivity contribution is 7.90. The second-order valence-electron chi connectivity index (χ2n) is 4.89. The van der Waals surface area contributed by atoms with Crippen molar-refractivity contribution in [1.82, 2.24) is 4.90 Å². The molecule has 0 unspecified atom stereocenters. The third kappa shape index (κ3) is 5.59. The summed E-state index contributed by atoms with van der Waals surface area (Å²) in [4.78, 5) is 24.1. The lowest BCUT2D eigenvalue weighted by Crippen LogP contribution is -2.36. The van der Waals surface area contributed by atoms with Crippen LogP contribution in [0.3, 0.4) is 0 Å². The first-order valence-corrected chi connectivity index (χ1v) is 8.48. The van der Waals surface area contributed by atoms with Crippen molar-refractivity contribution >= 4 is 21.7 Å². The summed E-state index contributed by atoms with van der Waals surface area (Å²) in [5, 5.41) is 8.80. The van der Waals surface area contributed by atoms with Crippen LogP contribution in [0.2, 0.25) is 0 Å². The van der Waals surface area contributed by atoms with Crippen molar-refractivity contribution in [3.05, 3.63) is 35.4 Å². The zero-order valence-electron chi connectivity index (χ0n) is 12.4. The molecule has 0 aliphatic rings. The number of aliphatic carboxylic acids is 1. The number of benzene rings is 1. The molecule has 0 aromatic heterocycles. The van der Waals surface area contributed by atoms with Gasteiger partial charge in [-0.15, -0.1) is 0 Å². The maximum atomic E-state index is 12.3. The molecule has 1 rings (SSSR count). The number of carbonyl (C=O) groups excluding carboxylic acids is 1. The minimum Gasteiger partial charge on any atom is -0.480 e. The molecule has 0 radical (unpaired) electrons. The van der Waals surface area contributed by atoms with E-state index in [4.69, 9.17) is 5.11 Å². The number of rotatable bonds is 8. The predicted octanol–water partition coefficient (Wildman–Crippen LogP) is 1.76. The Balaban J connectivity index is 2.90. The van der Waals surface area contributed by atoms with E-state index in [0.29, 0.717) is 6.42 Å². The van der Waals surface area contributed by atoms with Gasteiger partial charge in [0.15, 0.2) is 0 Å². The summed E-state index contributed by atoms with van der Waals surface area (Å²) < 4.78 is 46.9. The molecule has 0 bridgehead atoms. The fourth-order valence-corrected chi connectivity index (χ4v) is 2.69. The minimum atomic E-state index is -4.53. The number of amides is 1. The number of nitrogens with zero attached hydrogens (tertiary/aromatic N) is 1. The first-order chi connectivity index (χ1) is 10.7. The number of hydrogen-bond donors (Lipinski definition) is 1. The maximum Gasteiger partial charge on any atom is 0.337 e. The molecule has 9 heteroatoms. The van der Waals surface area contributed by atoms with Crippen LogP contribution in [0, 0.1) is 0 Å². The minimum absolute atomic E-state index is 0.127. The highest BCUT2D eigenvalue weighted by Crippen LogP contribution is 2.15. The summed E-state index contributed by atoms with van der Waals surface area (Å²) in [7, 11) is -4.53. The molecule has 0 heterocycles. The van der Waals surface area contributed by atoms with Crippen LogP contribution in [0.25, 0.3) is 0 Å². The van der Waals surface area contributed by atoms with Crippen LogP contribution >= 0.6 is 0 Å². The Morgan fingerprint density at radius 1 is 1.22 bits per heavy atom. The van der Waals surface area contributed by atoms with Gasteiger partial charge in [0.2, 0.25) is 9.84 Å². The molecule has 0 aliphatic heterocycles. The summed E-state index contributed by atoms with van der Waals surface area (Å²) in [5.41, 5.74) is 0.292. The average Bonchev–Trinajstić information content (AvgIpc) is 2.46. The Morgan fingerprint density at radius 2 is 1.78 bits per heavy atom. The molecule has 1 aromatic carbocycles. The van der Waals surface area contributed by atoms with E-state index < -0.39 is 39.8 Å². The van der Waals surface area contributed by atoms with Crippen molar-refractivity contribution in [2.45, 2.75) is 24.9 Å². The van der Waals surface area contributed by atoms with Gasteiger partial charge in [-0.3, -0.25) is 9.59 Å². The number of sulfone groups is 1. The summed E-state index contributed by atoms with van der Waals surface area (Å²) in [6.45, 7) is 1.60. The van der Waals surface area contributed by atoms with Crippen LogP contribution in [0.5, 0.6) is 0 Å². The molecule has 0 saturated heterocycles. The SMILES string of the molecule is CCCN(CC(=O)O)C(=O)c1ccc(CS(=O)(=O)C(F)F)cc1. The van der Waals surface area contributed by atoms with E-state index in [9.17, 15) is 26.8 Å². The van der Waals surface area contributed by atoms with Gasteiger partial charge in [0, 0.05) is 12.1 Å². The maximum absolute atomic E-state index is 12.3. The summed E-state index contributed by atoms with van der Waals surface area (Å²) in [6, 6.07) is 5.11. The third-order valence-electron chi connectivity index (χ3n) is 2.95. The number of alkyl halides is 2. The first kappa shape index (κ1) is 19.0. The Morgan fingerprint density at radius 3 is 2.22 bits per heavy atom. The van der Waals surface area contributed by atoms with Crippen molar-refractivity contribution < 1.29 is 31.9 Å². The van der Waals surface area contributed by atoms with E-state index in [0.717, 1.165) is 4.90 Å². The molecule has 0 saturated carbocycles. The summed E-state index contributed by atoms with van der Waals surface area (Å²) in [6.07, 6.45) is 0.573. The van der Waals surface area contributed by atoms with Gasteiger partial charge in [-0.25, -0.2) is 8.42 Å². The summed E-state index contributed by atoms with van der Waals surface area (Å²) in [5.74, 6) is -5.95. The van der Waals surface area contributed by atoms with Crippen LogP contribution in [0.15, 0.2) is 24.3 Å². The van der Waals surface area contributed by atoms with E-state index in [1.165, 1.54) is 24.3 Å². The van der Waals surface area contributed by atoms with Gasteiger partial charge in [0.25, 0.3) is 5.91 Å². The second-order valence-corrected chi connectivity index (χ2v) is 6.86. The smallest absolute Gasteiger partial charge is 0.337 e. The monoisotopic (exact) mass is 349 g/mol. The van der Waals surface area contributed by atoms with E-state index in [1.54, 1.807) is 6.92 Å². The van der Waals surface area contributed by atoms with E-state index in [-0.39, 0.29) is 17.7 Å². The van der Waals surface area contributed by atoms with Crippen molar-refractivity contribution in [3.63, 3.8) is 0 Å². The number of carboxylic acid groups (broad SMARTS) is 1. The lowest BCUT2D eigenvalue weighted by Gasteiger charge is -2.20. The largest absolute Gasteiger partial charge is 0.480 e. The van der Waals surface area contributed by atoms with Gasteiger partial charge in [0.1, 0.15) is 6.54 Å². The molecule has 23 heavy (non-hydrogen) atoms. The lowest BCUT2D eigenvalue weighted by molar-refractivity contribution is -0.137. The van der Waals surface area contributed by atoms with Crippen LogP contribution in [0.1, 0.15) is 29.3 Å². The van der Waals surface area contributed by atoms with E-state index in [1.807, 2.05) is 0 Å². The van der Waals surface area contributed by atoms with Crippen molar-refractivity contribution in [1.29, 1.82) is 0 Å². The number of carbonyl (C=O) groups is 2.